The van der Waals surface area contributed by atoms with Gasteiger partial charge >= 0.3 is 0 Å². The summed E-state index contributed by atoms with van der Waals surface area (Å²) in [5.74, 6) is 1.01. The lowest BCUT2D eigenvalue weighted by molar-refractivity contribution is -0.113. The average molecular weight is 323 g/mol. The highest BCUT2D eigenvalue weighted by Gasteiger charge is 2.25. The zero-order valence-corrected chi connectivity index (χ0v) is 13.0. The molecule has 21 heavy (non-hydrogen) atoms. The smallest absolute Gasteiger partial charge is 0.188 e. The third kappa shape index (κ3) is 3.09. The van der Waals surface area contributed by atoms with Gasteiger partial charge in [-0.2, -0.15) is 0 Å². The molecule has 1 heterocycles. The van der Waals surface area contributed by atoms with E-state index in [1.807, 2.05) is 12.1 Å². The SMILES string of the molecule is O=C1C(=C2NCCN2)CCC/C1=C\c1ccc(Cl)cc1Cl. The maximum absolute atomic E-state index is 12.6. The van der Waals surface area contributed by atoms with Crippen LogP contribution in [0.4, 0.5) is 0 Å². The zero-order valence-electron chi connectivity index (χ0n) is 11.5. The molecule has 1 aliphatic carbocycles. The second kappa shape index (κ2) is 6.12. The summed E-state index contributed by atoms with van der Waals surface area (Å²) >= 11 is 12.1. The molecule has 1 saturated carbocycles. The van der Waals surface area contributed by atoms with Crippen LogP contribution in [0.1, 0.15) is 24.8 Å². The van der Waals surface area contributed by atoms with Crippen LogP contribution in [0.2, 0.25) is 10.0 Å². The van der Waals surface area contributed by atoms with E-state index in [4.69, 9.17) is 23.2 Å². The molecule has 0 amide bonds. The predicted molar refractivity (Wildman–Crippen MR) is 86.3 cm³/mol. The highest BCUT2D eigenvalue weighted by atomic mass is 35.5. The fourth-order valence-electron chi connectivity index (χ4n) is 2.71. The Morgan fingerprint density at radius 2 is 1.86 bits per heavy atom. The zero-order chi connectivity index (χ0) is 14.8. The fraction of sp³-hybridized carbons (Fsp3) is 0.312. The van der Waals surface area contributed by atoms with Gasteiger partial charge in [-0.05, 0) is 43.0 Å². The van der Waals surface area contributed by atoms with Gasteiger partial charge in [-0.15, -0.1) is 0 Å². The number of carbonyl (C=O) groups is 1. The number of rotatable bonds is 1. The van der Waals surface area contributed by atoms with Crippen LogP contribution in [-0.2, 0) is 4.79 Å². The van der Waals surface area contributed by atoms with Gasteiger partial charge in [-0.25, -0.2) is 0 Å². The van der Waals surface area contributed by atoms with Crippen LogP contribution in [0.3, 0.4) is 0 Å². The lowest BCUT2D eigenvalue weighted by atomic mass is 9.87. The first-order valence-electron chi connectivity index (χ1n) is 7.06. The number of nitrogens with one attached hydrogen (secondary N) is 2. The van der Waals surface area contributed by atoms with E-state index in [0.717, 1.165) is 54.9 Å². The molecule has 1 aromatic rings. The number of allylic oxidation sites excluding steroid dienone is 2. The van der Waals surface area contributed by atoms with Crippen molar-refractivity contribution in [2.45, 2.75) is 19.3 Å². The van der Waals surface area contributed by atoms with Gasteiger partial charge in [0.25, 0.3) is 0 Å². The largest absolute Gasteiger partial charge is 0.370 e. The van der Waals surface area contributed by atoms with E-state index >= 15 is 0 Å². The second-order valence-corrected chi connectivity index (χ2v) is 6.07. The van der Waals surface area contributed by atoms with Crippen LogP contribution in [0, 0.1) is 0 Å². The molecule has 0 unspecified atom stereocenters. The van der Waals surface area contributed by atoms with Crippen molar-refractivity contribution in [3.05, 3.63) is 50.8 Å². The third-order valence-electron chi connectivity index (χ3n) is 3.76. The lowest BCUT2D eigenvalue weighted by Crippen LogP contribution is -2.22. The topological polar surface area (TPSA) is 41.1 Å². The van der Waals surface area contributed by atoms with Gasteiger partial charge in [0.15, 0.2) is 5.78 Å². The van der Waals surface area contributed by atoms with Crippen molar-refractivity contribution in [3.8, 4) is 0 Å². The number of benzene rings is 1. The summed E-state index contributed by atoms with van der Waals surface area (Å²) < 4.78 is 0. The minimum absolute atomic E-state index is 0.115. The van der Waals surface area contributed by atoms with Crippen LogP contribution in [0.15, 0.2) is 35.2 Å². The van der Waals surface area contributed by atoms with Gasteiger partial charge in [0.1, 0.15) is 5.82 Å². The van der Waals surface area contributed by atoms with Crippen LogP contribution < -0.4 is 10.6 Å². The van der Waals surface area contributed by atoms with Crippen LogP contribution >= 0.6 is 23.2 Å². The normalized spacial score (nSPS) is 20.7. The Hall–Kier alpha value is -1.45. The second-order valence-electron chi connectivity index (χ2n) is 5.23. The molecule has 0 radical (unpaired) electrons. The number of hydrogen-bond acceptors (Lipinski definition) is 3. The molecule has 1 aliphatic heterocycles. The molecule has 0 aromatic heterocycles. The highest BCUT2D eigenvalue weighted by molar-refractivity contribution is 6.35. The van der Waals surface area contributed by atoms with Gasteiger partial charge < -0.3 is 10.6 Å². The molecule has 0 bridgehead atoms. The van der Waals surface area contributed by atoms with Crippen molar-refractivity contribution in [2.24, 2.45) is 0 Å². The first-order chi connectivity index (χ1) is 10.1. The lowest BCUT2D eigenvalue weighted by Gasteiger charge is -2.19. The standard InChI is InChI=1S/C16H16Cl2N2O/c17-12-5-4-10(14(18)9-12)8-11-2-1-3-13(15(11)21)16-19-6-7-20-16/h4-5,8-9,19-20H,1-3,6-7H2/b11-8+. The molecule has 5 heteroatoms. The Kier molecular flexibility index (Phi) is 4.22. The summed E-state index contributed by atoms with van der Waals surface area (Å²) in [6, 6.07) is 5.33. The number of hydrogen-bond donors (Lipinski definition) is 2. The van der Waals surface area contributed by atoms with Gasteiger partial charge in [0.2, 0.25) is 0 Å². The summed E-state index contributed by atoms with van der Waals surface area (Å²) in [5, 5.41) is 7.64. The predicted octanol–water partition coefficient (Wildman–Crippen LogP) is 3.53. The molecule has 2 aliphatic rings. The molecule has 2 N–H and O–H groups in total. The van der Waals surface area contributed by atoms with Crippen molar-refractivity contribution in [1.82, 2.24) is 10.6 Å². The molecular formula is C16H16Cl2N2O. The third-order valence-corrected chi connectivity index (χ3v) is 4.32. The van der Waals surface area contributed by atoms with E-state index in [1.54, 1.807) is 12.1 Å². The van der Waals surface area contributed by atoms with Crippen molar-refractivity contribution in [2.75, 3.05) is 13.1 Å². The van der Waals surface area contributed by atoms with Crippen molar-refractivity contribution < 1.29 is 4.79 Å². The summed E-state index contributed by atoms with van der Waals surface area (Å²) in [5.41, 5.74) is 2.50. The number of ketones is 1. The molecular weight excluding hydrogens is 307 g/mol. The maximum Gasteiger partial charge on any atom is 0.188 e. The molecule has 2 fully saturated rings. The minimum atomic E-state index is 0.115. The maximum atomic E-state index is 12.6. The molecule has 0 atom stereocenters. The Balaban J connectivity index is 1.92. The summed E-state index contributed by atoms with van der Waals surface area (Å²) in [4.78, 5) is 12.6. The quantitative estimate of drug-likeness (QED) is 0.777. The van der Waals surface area contributed by atoms with E-state index in [1.165, 1.54) is 0 Å². The molecule has 110 valence electrons. The Morgan fingerprint density at radius 1 is 1.10 bits per heavy atom. The number of Topliss-reactive ketones (excluding diaryl/α,β-unsaturated/α-hetero) is 1. The summed E-state index contributed by atoms with van der Waals surface area (Å²) in [6.45, 7) is 1.74. The molecule has 3 nitrogen and oxygen atoms in total. The van der Waals surface area contributed by atoms with Crippen molar-refractivity contribution in [3.63, 3.8) is 0 Å². The average Bonchev–Trinajstić information content (AvgIpc) is 2.98. The molecule has 0 spiro atoms. The Bertz CT molecular complexity index is 642. The van der Waals surface area contributed by atoms with Crippen LogP contribution in [0.25, 0.3) is 6.08 Å². The van der Waals surface area contributed by atoms with Gasteiger partial charge in [0, 0.05) is 34.3 Å². The van der Waals surface area contributed by atoms with Crippen LogP contribution in [-0.4, -0.2) is 18.9 Å². The van der Waals surface area contributed by atoms with Gasteiger partial charge in [-0.3, -0.25) is 4.79 Å². The molecule has 3 rings (SSSR count). The minimum Gasteiger partial charge on any atom is -0.370 e. The van der Waals surface area contributed by atoms with Crippen molar-refractivity contribution in [1.29, 1.82) is 0 Å². The van der Waals surface area contributed by atoms with Crippen LogP contribution in [0.5, 0.6) is 0 Å². The Morgan fingerprint density at radius 3 is 2.57 bits per heavy atom. The van der Waals surface area contributed by atoms with E-state index in [9.17, 15) is 4.79 Å². The molecule has 1 aromatic carbocycles. The van der Waals surface area contributed by atoms with E-state index in [-0.39, 0.29) is 5.78 Å². The summed E-state index contributed by atoms with van der Waals surface area (Å²) in [6.07, 6.45) is 4.47. The van der Waals surface area contributed by atoms with Gasteiger partial charge in [-0.1, -0.05) is 29.3 Å². The number of carbonyl (C=O) groups excluding carboxylic acids is 1. The summed E-state index contributed by atoms with van der Waals surface area (Å²) in [7, 11) is 0. The van der Waals surface area contributed by atoms with Gasteiger partial charge in [0.05, 0.1) is 0 Å². The first kappa shape index (κ1) is 14.5. The Labute approximate surface area is 134 Å². The van der Waals surface area contributed by atoms with Crippen molar-refractivity contribution >= 4 is 35.1 Å². The van der Waals surface area contributed by atoms with E-state index in [2.05, 4.69) is 10.6 Å². The van der Waals surface area contributed by atoms with E-state index in [0.29, 0.717) is 10.0 Å². The highest BCUT2D eigenvalue weighted by Crippen LogP contribution is 2.30. The molecule has 1 saturated heterocycles. The monoisotopic (exact) mass is 322 g/mol. The first-order valence-corrected chi connectivity index (χ1v) is 7.82. The van der Waals surface area contributed by atoms with E-state index < -0.39 is 0 Å². The fourth-order valence-corrected chi connectivity index (χ4v) is 3.17. The number of halogens is 2.